The summed E-state index contributed by atoms with van der Waals surface area (Å²) in [5.74, 6) is 0. The Morgan fingerprint density at radius 1 is 0.514 bits per heavy atom. The van der Waals surface area contributed by atoms with Gasteiger partial charge in [-0.05, 0) is 29.8 Å². The number of nitrogens with zero attached hydrogens (tertiary/aromatic N) is 3. The second-order valence-electron chi connectivity index (χ2n) is 8.51. The van der Waals surface area contributed by atoms with Gasteiger partial charge in [-0.25, -0.2) is 9.80 Å². The first-order chi connectivity index (χ1) is 18.3. The molecule has 0 aliphatic carbocycles. The molecular formula is C33H27N3O. The van der Waals surface area contributed by atoms with Crippen LogP contribution in [0.4, 0.5) is 16.2 Å². The number of para-hydroxylation sites is 2. The molecule has 180 valence electrons. The molecule has 0 saturated heterocycles. The summed E-state index contributed by atoms with van der Waals surface area (Å²) < 4.78 is 0. The molecule has 0 bridgehead atoms. The van der Waals surface area contributed by atoms with Gasteiger partial charge in [0.25, 0.3) is 0 Å². The first-order valence-corrected chi connectivity index (χ1v) is 12.2. The van der Waals surface area contributed by atoms with Gasteiger partial charge in [-0.1, -0.05) is 127 Å². The third kappa shape index (κ3) is 5.82. The highest BCUT2D eigenvalue weighted by Gasteiger charge is 2.25. The molecule has 5 aromatic carbocycles. The fourth-order valence-corrected chi connectivity index (χ4v) is 4.14. The molecule has 0 heterocycles. The molecule has 2 amide bonds. The predicted molar refractivity (Wildman–Crippen MR) is 151 cm³/mol. The summed E-state index contributed by atoms with van der Waals surface area (Å²) in [6.45, 7) is 0.318. The Balaban J connectivity index is 1.65. The summed E-state index contributed by atoms with van der Waals surface area (Å²) in [5.41, 5.74) is 5.13. The molecule has 0 aromatic heterocycles. The molecular weight excluding hydrogens is 454 g/mol. The molecule has 0 unspecified atom stereocenters. The van der Waals surface area contributed by atoms with Crippen LogP contribution in [0.1, 0.15) is 16.7 Å². The van der Waals surface area contributed by atoms with Crippen LogP contribution in [0.3, 0.4) is 0 Å². The van der Waals surface area contributed by atoms with Gasteiger partial charge in [-0.2, -0.15) is 5.10 Å². The predicted octanol–water partition coefficient (Wildman–Crippen LogP) is 7.90. The molecule has 4 nitrogen and oxygen atoms in total. The van der Waals surface area contributed by atoms with Gasteiger partial charge in [-0.3, -0.25) is 4.90 Å². The quantitative estimate of drug-likeness (QED) is 0.172. The van der Waals surface area contributed by atoms with Crippen molar-refractivity contribution in [1.29, 1.82) is 0 Å². The number of hydrazone groups is 1. The first kappa shape index (κ1) is 23.8. The molecule has 5 aromatic rings. The number of carbonyl (C=O) groups excluding carboxylic acids is 1. The van der Waals surface area contributed by atoms with Crippen LogP contribution in [-0.4, -0.2) is 16.8 Å². The van der Waals surface area contributed by atoms with Crippen LogP contribution in [0.2, 0.25) is 0 Å². The lowest BCUT2D eigenvalue weighted by molar-refractivity contribution is 0.207. The number of amides is 2. The summed E-state index contributed by atoms with van der Waals surface area (Å²) in [6.07, 6.45) is 0. The van der Waals surface area contributed by atoms with Gasteiger partial charge in [0.15, 0.2) is 0 Å². The van der Waals surface area contributed by atoms with E-state index in [-0.39, 0.29) is 6.03 Å². The topological polar surface area (TPSA) is 35.9 Å². The van der Waals surface area contributed by atoms with E-state index in [1.165, 1.54) is 0 Å². The molecule has 0 aliphatic heterocycles. The van der Waals surface area contributed by atoms with E-state index in [2.05, 4.69) is 0 Å². The van der Waals surface area contributed by atoms with Crippen LogP contribution in [0.15, 0.2) is 157 Å². The monoisotopic (exact) mass is 481 g/mol. The van der Waals surface area contributed by atoms with Crippen molar-refractivity contribution in [1.82, 2.24) is 5.01 Å². The Kier molecular flexibility index (Phi) is 7.48. The zero-order valence-corrected chi connectivity index (χ0v) is 20.4. The van der Waals surface area contributed by atoms with Crippen LogP contribution in [0.5, 0.6) is 0 Å². The number of carbonyl (C=O) groups is 1. The van der Waals surface area contributed by atoms with Crippen LogP contribution >= 0.6 is 0 Å². The summed E-state index contributed by atoms with van der Waals surface area (Å²) in [7, 11) is 0. The summed E-state index contributed by atoms with van der Waals surface area (Å²) in [4.78, 5) is 16.1. The van der Waals surface area contributed by atoms with E-state index < -0.39 is 0 Å². The van der Waals surface area contributed by atoms with Crippen molar-refractivity contribution in [3.63, 3.8) is 0 Å². The molecule has 0 fully saturated rings. The van der Waals surface area contributed by atoms with Crippen molar-refractivity contribution in [3.05, 3.63) is 168 Å². The van der Waals surface area contributed by atoms with Crippen molar-refractivity contribution in [2.75, 3.05) is 4.90 Å². The average molecular weight is 482 g/mol. The van der Waals surface area contributed by atoms with Gasteiger partial charge in [-0.15, -0.1) is 0 Å². The zero-order chi connectivity index (χ0) is 25.3. The Labute approximate surface area is 217 Å². The van der Waals surface area contributed by atoms with Gasteiger partial charge < -0.3 is 0 Å². The minimum absolute atomic E-state index is 0.245. The van der Waals surface area contributed by atoms with Crippen molar-refractivity contribution < 1.29 is 4.79 Å². The molecule has 0 radical (unpaired) electrons. The fourth-order valence-electron chi connectivity index (χ4n) is 4.14. The Bertz CT molecular complexity index is 1360. The average Bonchev–Trinajstić information content (AvgIpc) is 2.98. The van der Waals surface area contributed by atoms with Crippen LogP contribution in [0.25, 0.3) is 0 Å². The minimum Gasteiger partial charge on any atom is -0.261 e. The van der Waals surface area contributed by atoms with E-state index in [1.807, 2.05) is 152 Å². The maximum atomic E-state index is 14.4. The molecule has 0 aliphatic rings. The van der Waals surface area contributed by atoms with Crippen molar-refractivity contribution >= 4 is 23.1 Å². The molecule has 0 atom stereocenters. The van der Waals surface area contributed by atoms with Gasteiger partial charge in [0.2, 0.25) is 0 Å². The maximum absolute atomic E-state index is 14.4. The number of benzene rings is 5. The van der Waals surface area contributed by atoms with E-state index in [9.17, 15) is 4.79 Å². The highest BCUT2D eigenvalue weighted by molar-refractivity contribution is 6.13. The molecule has 0 spiro atoms. The third-order valence-corrected chi connectivity index (χ3v) is 5.93. The molecule has 0 N–H and O–H groups in total. The fraction of sp³-hybridized carbons (Fsp3) is 0.0303. The number of rotatable bonds is 7. The third-order valence-electron chi connectivity index (χ3n) is 5.93. The van der Waals surface area contributed by atoms with Crippen LogP contribution in [-0.2, 0) is 6.54 Å². The first-order valence-electron chi connectivity index (χ1n) is 12.2. The second kappa shape index (κ2) is 11.6. The standard InChI is InChI=1S/C33H27N3O/c37-33(36(30-22-12-4-13-23-30)31-24-14-5-15-25-31)35(26-27-16-6-1-7-17-27)34-32(28-18-8-2-9-19-28)29-20-10-3-11-21-29/h1-25H,26H2. The minimum atomic E-state index is -0.245. The van der Waals surface area contributed by atoms with Gasteiger partial charge in [0.1, 0.15) is 0 Å². The molecule has 5 rings (SSSR count). The van der Waals surface area contributed by atoms with Crippen molar-refractivity contribution in [3.8, 4) is 0 Å². The van der Waals surface area contributed by atoms with Crippen molar-refractivity contribution in [2.45, 2.75) is 6.54 Å². The van der Waals surface area contributed by atoms with E-state index in [0.29, 0.717) is 6.54 Å². The Morgan fingerprint density at radius 2 is 0.892 bits per heavy atom. The second-order valence-corrected chi connectivity index (χ2v) is 8.51. The van der Waals surface area contributed by atoms with Crippen molar-refractivity contribution in [2.24, 2.45) is 5.10 Å². The van der Waals surface area contributed by atoms with Crippen LogP contribution in [0, 0.1) is 0 Å². The van der Waals surface area contributed by atoms with Gasteiger partial charge in [0.05, 0.1) is 23.6 Å². The molecule has 37 heavy (non-hydrogen) atoms. The van der Waals surface area contributed by atoms with E-state index in [1.54, 1.807) is 9.91 Å². The lowest BCUT2D eigenvalue weighted by Crippen LogP contribution is -2.38. The molecule has 4 heteroatoms. The largest absolute Gasteiger partial charge is 0.349 e. The van der Waals surface area contributed by atoms with E-state index in [4.69, 9.17) is 5.10 Å². The summed E-state index contributed by atoms with van der Waals surface area (Å²) in [6, 6.07) is 49.0. The van der Waals surface area contributed by atoms with Gasteiger partial charge in [0, 0.05) is 11.1 Å². The maximum Gasteiger partial charge on any atom is 0.349 e. The molecule has 0 saturated carbocycles. The normalized spacial score (nSPS) is 10.4. The zero-order valence-electron chi connectivity index (χ0n) is 20.4. The number of hydrogen-bond donors (Lipinski definition) is 0. The highest BCUT2D eigenvalue weighted by atomic mass is 16.2. The Hall–Kier alpha value is -4.96. The van der Waals surface area contributed by atoms with E-state index in [0.717, 1.165) is 33.8 Å². The lowest BCUT2D eigenvalue weighted by Gasteiger charge is -2.29. The Morgan fingerprint density at radius 3 is 1.32 bits per heavy atom. The van der Waals surface area contributed by atoms with Crippen LogP contribution < -0.4 is 4.90 Å². The summed E-state index contributed by atoms with van der Waals surface area (Å²) >= 11 is 0. The SMILES string of the molecule is O=C(N(Cc1ccccc1)N=C(c1ccccc1)c1ccccc1)N(c1ccccc1)c1ccccc1. The van der Waals surface area contributed by atoms with Gasteiger partial charge >= 0.3 is 6.03 Å². The number of urea groups is 1. The lowest BCUT2D eigenvalue weighted by atomic mass is 10.0. The highest BCUT2D eigenvalue weighted by Crippen LogP contribution is 2.28. The van der Waals surface area contributed by atoms with E-state index >= 15 is 0 Å². The summed E-state index contributed by atoms with van der Waals surface area (Å²) in [5, 5.41) is 6.60. The smallest absolute Gasteiger partial charge is 0.261 e. The number of anilines is 2. The number of hydrogen-bond acceptors (Lipinski definition) is 2.